The summed E-state index contributed by atoms with van der Waals surface area (Å²) in [5.74, 6) is 0.887. The van der Waals surface area contributed by atoms with Gasteiger partial charge in [0.05, 0.1) is 0 Å². The molecular formula is C8H15N. The van der Waals surface area contributed by atoms with Gasteiger partial charge in [0.1, 0.15) is 0 Å². The van der Waals surface area contributed by atoms with Crippen LogP contribution >= 0.6 is 0 Å². The highest BCUT2D eigenvalue weighted by Gasteiger charge is 2.12. The molecule has 0 saturated heterocycles. The van der Waals surface area contributed by atoms with Crippen LogP contribution in [0.4, 0.5) is 0 Å². The second-order valence-electron chi connectivity index (χ2n) is 2.99. The molecule has 0 aromatic carbocycles. The number of hydrogen-bond acceptors (Lipinski definition) is 1. The second kappa shape index (κ2) is 3.00. The van der Waals surface area contributed by atoms with Gasteiger partial charge >= 0.3 is 0 Å². The van der Waals surface area contributed by atoms with Crippen LogP contribution in [0.1, 0.15) is 32.6 Å². The molecule has 1 aliphatic carbocycles. The van der Waals surface area contributed by atoms with Crippen molar-refractivity contribution in [2.45, 2.75) is 32.6 Å². The lowest BCUT2D eigenvalue weighted by molar-refractivity contribution is 0.500. The lowest BCUT2D eigenvalue weighted by atomic mass is 9.89. The summed E-state index contributed by atoms with van der Waals surface area (Å²) in [6.07, 6.45) is 5.25. The molecule has 0 radical (unpaired) electrons. The summed E-state index contributed by atoms with van der Waals surface area (Å²) in [4.78, 5) is 4.21. The van der Waals surface area contributed by atoms with Crippen molar-refractivity contribution in [2.75, 3.05) is 7.05 Å². The van der Waals surface area contributed by atoms with E-state index >= 15 is 0 Å². The van der Waals surface area contributed by atoms with Crippen LogP contribution in [0, 0.1) is 5.92 Å². The average molecular weight is 125 g/mol. The highest BCUT2D eigenvalue weighted by Crippen LogP contribution is 2.20. The maximum atomic E-state index is 4.21. The molecular weight excluding hydrogens is 110 g/mol. The second-order valence-corrected chi connectivity index (χ2v) is 2.99. The fourth-order valence-electron chi connectivity index (χ4n) is 1.46. The van der Waals surface area contributed by atoms with Crippen LogP contribution in [0.25, 0.3) is 0 Å². The van der Waals surface area contributed by atoms with E-state index in [2.05, 4.69) is 11.9 Å². The number of aliphatic imine (C=N–C) groups is 1. The third-order valence-electron chi connectivity index (χ3n) is 2.06. The normalized spacial score (nSPS) is 33.1. The van der Waals surface area contributed by atoms with Crippen LogP contribution < -0.4 is 0 Å². The first-order chi connectivity index (χ1) is 4.33. The van der Waals surface area contributed by atoms with Gasteiger partial charge in [-0.3, -0.25) is 4.99 Å². The third kappa shape index (κ3) is 1.81. The van der Waals surface area contributed by atoms with Gasteiger partial charge in [-0.2, -0.15) is 0 Å². The van der Waals surface area contributed by atoms with E-state index in [1.807, 2.05) is 7.05 Å². The lowest BCUT2D eigenvalue weighted by Gasteiger charge is -2.18. The number of nitrogens with zero attached hydrogens (tertiary/aromatic N) is 1. The van der Waals surface area contributed by atoms with Gasteiger partial charge in [0.15, 0.2) is 0 Å². The van der Waals surface area contributed by atoms with E-state index in [1.165, 1.54) is 31.4 Å². The van der Waals surface area contributed by atoms with E-state index < -0.39 is 0 Å². The van der Waals surface area contributed by atoms with Crippen molar-refractivity contribution in [1.29, 1.82) is 0 Å². The van der Waals surface area contributed by atoms with Gasteiger partial charge < -0.3 is 0 Å². The fourth-order valence-corrected chi connectivity index (χ4v) is 1.46. The summed E-state index contributed by atoms with van der Waals surface area (Å²) in [5.41, 5.74) is 1.42. The lowest BCUT2D eigenvalue weighted by Crippen LogP contribution is -2.11. The Hall–Kier alpha value is -0.330. The van der Waals surface area contributed by atoms with Gasteiger partial charge in [-0.15, -0.1) is 0 Å². The van der Waals surface area contributed by atoms with Gasteiger partial charge in [0.25, 0.3) is 0 Å². The Morgan fingerprint density at radius 2 is 2.33 bits per heavy atom. The highest BCUT2D eigenvalue weighted by atomic mass is 14.7. The molecule has 1 saturated carbocycles. The maximum Gasteiger partial charge on any atom is 0.0276 e. The first-order valence-corrected chi connectivity index (χ1v) is 3.77. The number of hydrogen-bond donors (Lipinski definition) is 0. The van der Waals surface area contributed by atoms with E-state index in [1.54, 1.807) is 0 Å². The molecule has 1 rings (SSSR count). The highest BCUT2D eigenvalue weighted by molar-refractivity contribution is 5.85. The minimum absolute atomic E-state index is 0.887. The predicted octanol–water partition coefficient (Wildman–Crippen LogP) is 2.27. The molecule has 0 aliphatic heterocycles. The molecule has 1 nitrogen and oxygen atoms in total. The Labute approximate surface area is 57.2 Å². The Morgan fingerprint density at radius 3 is 2.78 bits per heavy atom. The average Bonchev–Trinajstić information content (AvgIpc) is 1.88. The molecule has 1 atom stereocenters. The van der Waals surface area contributed by atoms with E-state index in [0.29, 0.717) is 0 Å². The van der Waals surface area contributed by atoms with Crippen LogP contribution in [-0.4, -0.2) is 12.8 Å². The topological polar surface area (TPSA) is 12.4 Å². The van der Waals surface area contributed by atoms with Gasteiger partial charge in [0, 0.05) is 12.8 Å². The molecule has 0 heterocycles. The Kier molecular flexibility index (Phi) is 2.26. The van der Waals surface area contributed by atoms with Gasteiger partial charge in [0.2, 0.25) is 0 Å². The molecule has 0 spiro atoms. The Bertz CT molecular complexity index is 116. The van der Waals surface area contributed by atoms with E-state index in [9.17, 15) is 0 Å². The standard InChI is InChI=1S/C8H15N/c1-7-4-3-5-8(6-7)9-2/h7H,3-6H2,1-2H3/b9-8-/t7-/m1/s1. The van der Waals surface area contributed by atoms with Crippen molar-refractivity contribution < 1.29 is 0 Å². The molecule has 0 unspecified atom stereocenters. The molecule has 1 fully saturated rings. The third-order valence-corrected chi connectivity index (χ3v) is 2.06. The summed E-state index contributed by atoms with van der Waals surface area (Å²) in [7, 11) is 1.91. The SMILES string of the molecule is C/N=C1/CCC[C@@H](C)C1. The molecule has 0 aromatic rings. The molecule has 52 valence electrons. The monoisotopic (exact) mass is 125 g/mol. The molecule has 0 bridgehead atoms. The van der Waals surface area contributed by atoms with Crippen LogP contribution in [0.2, 0.25) is 0 Å². The Balaban J connectivity index is 2.41. The summed E-state index contributed by atoms with van der Waals surface area (Å²) < 4.78 is 0. The van der Waals surface area contributed by atoms with E-state index in [0.717, 1.165) is 5.92 Å². The van der Waals surface area contributed by atoms with Crippen LogP contribution in [-0.2, 0) is 0 Å². The summed E-state index contributed by atoms with van der Waals surface area (Å²) in [6, 6.07) is 0. The fraction of sp³-hybridized carbons (Fsp3) is 0.875. The van der Waals surface area contributed by atoms with E-state index in [-0.39, 0.29) is 0 Å². The first kappa shape index (κ1) is 6.79. The summed E-state index contributed by atoms with van der Waals surface area (Å²) in [5, 5.41) is 0. The van der Waals surface area contributed by atoms with Crippen molar-refractivity contribution in [3.8, 4) is 0 Å². The van der Waals surface area contributed by atoms with Crippen molar-refractivity contribution >= 4 is 5.71 Å². The zero-order valence-electron chi connectivity index (χ0n) is 6.35. The molecule has 0 aromatic heterocycles. The number of rotatable bonds is 0. The van der Waals surface area contributed by atoms with Crippen LogP contribution in [0.5, 0.6) is 0 Å². The summed E-state index contributed by atoms with van der Waals surface area (Å²) in [6.45, 7) is 2.31. The van der Waals surface area contributed by atoms with Gasteiger partial charge in [-0.1, -0.05) is 6.92 Å². The largest absolute Gasteiger partial charge is 0.297 e. The van der Waals surface area contributed by atoms with Crippen molar-refractivity contribution in [3.05, 3.63) is 0 Å². The zero-order chi connectivity index (χ0) is 6.69. The maximum absolute atomic E-state index is 4.21. The Morgan fingerprint density at radius 1 is 1.56 bits per heavy atom. The van der Waals surface area contributed by atoms with Crippen molar-refractivity contribution in [1.82, 2.24) is 0 Å². The predicted molar refractivity (Wildman–Crippen MR) is 41.0 cm³/mol. The van der Waals surface area contributed by atoms with Crippen LogP contribution in [0.3, 0.4) is 0 Å². The summed E-state index contributed by atoms with van der Waals surface area (Å²) >= 11 is 0. The van der Waals surface area contributed by atoms with Crippen LogP contribution in [0.15, 0.2) is 4.99 Å². The quantitative estimate of drug-likeness (QED) is 0.471. The first-order valence-electron chi connectivity index (χ1n) is 3.77. The molecule has 0 amide bonds. The molecule has 0 N–H and O–H groups in total. The minimum atomic E-state index is 0.887. The van der Waals surface area contributed by atoms with Gasteiger partial charge in [-0.25, -0.2) is 0 Å². The zero-order valence-corrected chi connectivity index (χ0v) is 6.35. The van der Waals surface area contributed by atoms with E-state index in [4.69, 9.17) is 0 Å². The molecule has 9 heavy (non-hydrogen) atoms. The smallest absolute Gasteiger partial charge is 0.0276 e. The minimum Gasteiger partial charge on any atom is -0.297 e. The molecule has 1 heteroatoms. The van der Waals surface area contributed by atoms with Crippen molar-refractivity contribution in [3.63, 3.8) is 0 Å². The van der Waals surface area contributed by atoms with Gasteiger partial charge in [-0.05, 0) is 31.6 Å². The van der Waals surface area contributed by atoms with Crippen molar-refractivity contribution in [2.24, 2.45) is 10.9 Å². The molecule has 1 aliphatic rings.